The summed E-state index contributed by atoms with van der Waals surface area (Å²) in [7, 11) is -1.06. The van der Waals surface area contributed by atoms with Gasteiger partial charge in [0.25, 0.3) is 0 Å². The summed E-state index contributed by atoms with van der Waals surface area (Å²) < 4.78 is 24.0. The Morgan fingerprint density at radius 2 is 2.05 bits per heavy atom. The van der Waals surface area contributed by atoms with Gasteiger partial charge in [-0.25, -0.2) is 0 Å². The lowest BCUT2D eigenvalue weighted by atomic mass is 10.1. The Morgan fingerprint density at radius 3 is 2.80 bits per heavy atom. The fourth-order valence-electron chi connectivity index (χ4n) is 2.03. The highest BCUT2D eigenvalue weighted by Crippen LogP contribution is 2.32. The summed E-state index contributed by atoms with van der Waals surface area (Å²) in [5.41, 5.74) is 7.07. The van der Waals surface area contributed by atoms with Gasteiger partial charge in [0.1, 0.15) is 13.2 Å². The number of hydrogen-bond donors (Lipinski definition) is 1. The molecule has 0 radical (unpaired) electrons. The van der Waals surface area contributed by atoms with Gasteiger partial charge in [0.05, 0.1) is 15.0 Å². The summed E-state index contributed by atoms with van der Waals surface area (Å²) in [5.74, 6) is 1.86. The van der Waals surface area contributed by atoms with Gasteiger partial charge in [-0.2, -0.15) is 0 Å². The Hall–Kier alpha value is -1.37. The lowest BCUT2D eigenvalue weighted by molar-refractivity contribution is 0.171. The molecule has 4 nitrogen and oxygen atoms in total. The van der Waals surface area contributed by atoms with Gasteiger partial charge in [-0.05, 0) is 29.1 Å². The summed E-state index contributed by atoms with van der Waals surface area (Å²) in [6, 6.07) is 9.13. The summed E-state index contributed by atoms with van der Waals surface area (Å²) in [4.78, 5) is 0. The van der Waals surface area contributed by atoms with Gasteiger partial charge in [0, 0.05) is 11.8 Å². The Balaban J connectivity index is 1.74. The zero-order valence-electron chi connectivity index (χ0n) is 10.8. The maximum atomic E-state index is 12.2. The number of nitrogens with two attached hydrogens (primary N) is 1. The SMILES string of the molecule is NC(CS(=O)c1cccs1)c1ccc2c(c1)OCCO2. The number of ether oxygens (including phenoxy) is 2. The molecule has 0 amide bonds. The molecule has 6 heteroatoms. The highest BCUT2D eigenvalue weighted by Gasteiger charge is 2.17. The van der Waals surface area contributed by atoms with E-state index in [1.54, 1.807) is 0 Å². The highest BCUT2D eigenvalue weighted by molar-refractivity contribution is 7.87. The minimum absolute atomic E-state index is 0.284. The van der Waals surface area contributed by atoms with E-state index in [4.69, 9.17) is 15.2 Å². The van der Waals surface area contributed by atoms with Crippen LogP contribution in [0.4, 0.5) is 0 Å². The van der Waals surface area contributed by atoms with E-state index in [-0.39, 0.29) is 6.04 Å². The third-order valence-corrected chi connectivity index (χ3v) is 5.80. The van der Waals surface area contributed by atoms with Crippen molar-refractivity contribution < 1.29 is 13.7 Å². The van der Waals surface area contributed by atoms with Crippen LogP contribution in [0, 0.1) is 0 Å². The van der Waals surface area contributed by atoms with Crippen LogP contribution in [0.5, 0.6) is 11.5 Å². The van der Waals surface area contributed by atoms with Crippen molar-refractivity contribution in [3.63, 3.8) is 0 Å². The predicted molar refractivity (Wildman–Crippen MR) is 80.0 cm³/mol. The highest BCUT2D eigenvalue weighted by atomic mass is 32.2. The first kappa shape index (κ1) is 13.6. The molecule has 2 heterocycles. The minimum atomic E-state index is -1.06. The van der Waals surface area contributed by atoms with E-state index >= 15 is 0 Å². The molecule has 3 rings (SSSR count). The van der Waals surface area contributed by atoms with Crippen LogP contribution in [0.25, 0.3) is 0 Å². The molecule has 1 aliphatic rings. The van der Waals surface area contributed by atoms with Crippen molar-refractivity contribution in [1.29, 1.82) is 0 Å². The van der Waals surface area contributed by atoms with Crippen molar-refractivity contribution in [2.24, 2.45) is 5.73 Å². The molecule has 0 fully saturated rings. The topological polar surface area (TPSA) is 61.6 Å². The molecule has 1 aliphatic heterocycles. The largest absolute Gasteiger partial charge is 0.486 e. The van der Waals surface area contributed by atoms with Crippen molar-refractivity contribution in [3.05, 3.63) is 41.3 Å². The van der Waals surface area contributed by atoms with Crippen molar-refractivity contribution in [1.82, 2.24) is 0 Å². The summed E-state index contributed by atoms with van der Waals surface area (Å²) in [5, 5.41) is 1.92. The van der Waals surface area contributed by atoms with Crippen LogP contribution in [-0.2, 0) is 10.8 Å². The average Bonchev–Trinajstić information content (AvgIpc) is 3.01. The Bertz CT molecular complexity index is 613. The monoisotopic (exact) mass is 309 g/mol. The number of benzene rings is 1. The maximum Gasteiger partial charge on any atom is 0.161 e. The molecule has 2 atom stereocenters. The Labute approximate surface area is 124 Å². The van der Waals surface area contributed by atoms with Gasteiger partial charge in [-0.15, -0.1) is 11.3 Å². The normalized spacial score (nSPS) is 16.6. The molecule has 20 heavy (non-hydrogen) atoms. The van der Waals surface area contributed by atoms with E-state index in [1.807, 2.05) is 35.7 Å². The third kappa shape index (κ3) is 2.87. The zero-order chi connectivity index (χ0) is 13.9. The van der Waals surface area contributed by atoms with Crippen LogP contribution < -0.4 is 15.2 Å². The van der Waals surface area contributed by atoms with Crippen LogP contribution in [0.15, 0.2) is 39.9 Å². The van der Waals surface area contributed by atoms with Crippen molar-refractivity contribution >= 4 is 22.1 Å². The van der Waals surface area contributed by atoms with Crippen LogP contribution in [0.2, 0.25) is 0 Å². The molecule has 106 valence electrons. The first-order valence-corrected chi connectivity index (χ1v) is 8.51. The molecule has 2 N–H and O–H groups in total. The second kappa shape index (κ2) is 5.95. The van der Waals surface area contributed by atoms with Gasteiger partial charge in [-0.3, -0.25) is 4.21 Å². The van der Waals surface area contributed by atoms with Crippen LogP contribution in [0.1, 0.15) is 11.6 Å². The van der Waals surface area contributed by atoms with Gasteiger partial charge in [-0.1, -0.05) is 12.1 Å². The zero-order valence-corrected chi connectivity index (χ0v) is 12.4. The Kier molecular flexibility index (Phi) is 4.05. The fourth-order valence-corrected chi connectivity index (χ4v) is 4.19. The molecule has 2 unspecified atom stereocenters. The minimum Gasteiger partial charge on any atom is -0.486 e. The van der Waals surface area contributed by atoms with Crippen LogP contribution in [0.3, 0.4) is 0 Å². The lowest BCUT2D eigenvalue weighted by Gasteiger charge is -2.20. The molecule has 0 saturated carbocycles. The first-order valence-electron chi connectivity index (χ1n) is 6.31. The van der Waals surface area contributed by atoms with E-state index in [1.165, 1.54) is 11.3 Å². The number of hydrogen-bond acceptors (Lipinski definition) is 5. The van der Waals surface area contributed by atoms with Gasteiger partial charge in [0.15, 0.2) is 11.5 Å². The quantitative estimate of drug-likeness (QED) is 0.941. The molecule has 1 aromatic carbocycles. The third-order valence-electron chi connectivity index (χ3n) is 3.04. The molecule has 0 aliphatic carbocycles. The van der Waals surface area contributed by atoms with Crippen molar-refractivity contribution in [3.8, 4) is 11.5 Å². The van der Waals surface area contributed by atoms with E-state index in [2.05, 4.69) is 0 Å². The average molecular weight is 309 g/mol. The van der Waals surface area contributed by atoms with E-state index in [9.17, 15) is 4.21 Å². The number of rotatable bonds is 4. The summed E-state index contributed by atoms with van der Waals surface area (Å²) in [6.45, 7) is 1.12. The van der Waals surface area contributed by atoms with Crippen LogP contribution in [-0.4, -0.2) is 23.2 Å². The van der Waals surface area contributed by atoms with Crippen LogP contribution >= 0.6 is 11.3 Å². The van der Waals surface area contributed by atoms with Gasteiger partial charge >= 0.3 is 0 Å². The molecule has 0 saturated heterocycles. The second-order valence-electron chi connectivity index (χ2n) is 4.45. The summed E-state index contributed by atoms with van der Waals surface area (Å²) in [6.07, 6.45) is 0. The van der Waals surface area contributed by atoms with Crippen molar-refractivity contribution in [2.75, 3.05) is 19.0 Å². The van der Waals surface area contributed by atoms with Gasteiger partial charge in [0.2, 0.25) is 0 Å². The summed E-state index contributed by atoms with van der Waals surface area (Å²) >= 11 is 1.49. The molecule has 1 aromatic heterocycles. The lowest BCUT2D eigenvalue weighted by Crippen LogP contribution is -2.19. The van der Waals surface area contributed by atoms with E-state index in [0.29, 0.717) is 24.7 Å². The second-order valence-corrected chi connectivity index (χ2v) is 7.12. The number of fused-ring (bicyclic) bond motifs is 1. The molecule has 0 spiro atoms. The molecular formula is C14H15NO3S2. The first-order chi connectivity index (χ1) is 9.74. The van der Waals surface area contributed by atoms with Crippen molar-refractivity contribution in [2.45, 2.75) is 10.3 Å². The molecule has 0 bridgehead atoms. The maximum absolute atomic E-state index is 12.2. The molecular weight excluding hydrogens is 294 g/mol. The van der Waals surface area contributed by atoms with E-state index < -0.39 is 10.8 Å². The Morgan fingerprint density at radius 1 is 1.25 bits per heavy atom. The smallest absolute Gasteiger partial charge is 0.161 e. The standard InChI is InChI=1S/C14H15NO3S2/c15-11(9-20(16)14-2-1-7-19-14)10-3-4-12-13(8-10)18-6-5-17-12/h1-4,7-8,11H,5-6,9,15H2. The van der Waals surface area contributed by atoms with E-state index in [0.717, 1.165) is 15.5 Å². The van der Waals surface area contributed by atoms with Gasteiger partial charge < -0.3 is 15.2 Å². The fraction of sp³-hybridized carbons (Fsp3) is 0.286. The molecule has 2 aromatic rings. The predicted octanol–water partition coefficient (Wildman–Crippen LogP) is 2.33. The number of thiophene rings is 1.